The summed E-state index contributed by atoms with van der Waals surface area (Å²) in [4.78, 5) is 12.6. The number of nitrogens with one attached hydrogen (secondary N) is 1. The molecule has 0 unspecified atom stereocenters. The zero-order valence-corrected chi connectivity index (χ0v) is 16.8. The smallest absolute Gasteiger partial charge is 0.352 e. The van der Waals surface area contributed by atoms with Crippen LogP contribution in [0.1, 0.15) is 27.2 Å². The number of fused-ring (bicyclic) bond motifs is 1. The maximum Gasteiger partial charge on any atom is 0.434 e. The van der Waals surface area contributed by atoms with Gasteiger partial charge >= 0.3 is 6.18 Å². The number of benzene rings is 2. The van der Waals surface area contributed by atoms with Gasteiger partial charge in [0.2, 0.25) is 0 Å². The van der Waals surface area contributed by atoms with Gasteiger partial charge in [-0.1, -0.05) is 36.4 Å². The van der Waals surface area contributed by atoms with Crippen LogP contribution >= 0.6 is 11.3 Å². The van der Waals surface area contributed by atoms with Crippen molar-refractivity contribution in [1.82, 2.24) is 15.1 Å². The number of para-hydroxylation sites is 1. The summed E-state index contributed by atoms with van der Waals surface area (Å²) >= 11 is 1.60. The van der Waals surface area contributed by atoms with Crippen LogP contribution in [0.3, 0.4) is 0 Å². The van der Waals surface area contributed by atoms with Gasteiger partial charge in [0.25, 0.3) is 5.91 Å². The molecule has 2 aromatic carbocycles. The van der Waals surface area contributed by atoms with Crippen LogP contribution in [0.2, 0.25) is 0 Å². The maximum atomic E-state index is 13.8. The SMILES string of the molecule is Cc1ccccc1-n1ncc(C(=O)NCCc2csc3ccccc23)c1C(F)(F)F. The molecule has 2 heterocycles. The Labute approximate surface area is 175 Å². The summed E-state index contributed by atoms with van der Waals surface area (Å²) in [5.74, 6) is -0.790. The lowest BCUT2D eigenvalue weighted by Gasteiger charge is -2.14. The standard InChI is InChI=1S/C22H18F3N3OS/c1-14-6-2-4-8-18(14)28-20(22(23,24)25)17(12-27-28)21(29)26-11-10-15-13-30-19-9-5-3-7-16(15)19/h2-9,12-13H,10-11H2,1H3,(H,26,29). The normalized spacial score (nSPS) is 11.7. The fourth-order valence-electron chi connectivity index (χ4n) is 3.40. The van der Waals surface area contributed by atoms with Crippen molar-refractivity contribution in [3.05, 3.63) is 82.5 Å². The second-order valence-electron chi connectivity index (χ2n) is 6.87. The van der Waals surface area contributed by atoms with E-state index in [9.17, 15) is 18.0 Å². The minimum absolute atomic E-state index is 0.229. The van der Waals surface area contributed by atoms with Gasteiger partial charge in [0, 0.05) is 11.2 Å². The fourth-order valence-corrected chi connectivity index (χ4v) is 4.40. The molecule has 4 rings (SSSR count). The van der Waals surface area contributed by atoms with E-state index in [1.54, 1.807) is 42.5 Å². The van der Waals surface area contributed by atoms with Crippen molar-refractivity contribution in [2.45, 2.75) is 19.5 Å². The molecule has 0 spiro atoms. The molecule has 0 bridgehead atoms. The van der Waals surface area contributed by atoms with Gasteiger partial charge < -0.3 is 5.32 Å². The Balaban J connectivity index is 1.56. The molecule has 0 atom stereocenters. The van der Waals surface area contributed by atoms with Gasteiger partial charge in [-0.15, -0.1) is 11.3 Å². The van der Waals surface area contributed by atoms with Crippen LogP contribution in [0.4, 0.5) is 13.2 Å². The van der Waals surface area contributed by atoms with E-state index in [4.69, 9.17) is 0 Å². The van der Waals surface area contributed by atoms with E-state index >= 15 is 0 Å². The minimum Gasteiger partial charge on any atom is -0.352 e. The first-order valence-electron chi connectivity index (χ1n) is 9.31. The summed E-state index contributed by atoms with van der Waals surface area (Å²) < 4.78 is 43.3. The first-order chi connectivity index (χ1) is 14.4. The maximum absolute atomic E-state index is 13.8. The molecule has 0 saturated heterocycles. The molecule has 154 valence electrons. The quantitative estimate of drug-likeness (QED) is 0.463. The highest BCUT2D eigenvalue weighted by Gasteiger charge is 2.40. The number of nitrogens with zero attached hydrogens (tertiary/aromatic N) is 2. The number of hydrogen-bond donors (Lipinski definition) is 1. The molecular formula is C22H18F3N3OS. The number of halogens is 3. The van der Waals surface area contributed by atoms with Crippen LogP contribution in [-0.4, -0.2) is 22.2 Å². The number of alkyl halides is 3. The van der Waals surface area contributed by atoms with Crippen molar-refractivity contribution in [3.63, 3.8) is 0 Å². The van der Waals surface area contributed by atoms with E-state index in [1.807, 2.05) is 29.6 Å². The highest BCUT2D eigenvalue weighted by Crippen LogP contribution is 2.34. The lowest BCUT2D eigenvalue weighted by Crippen LogP contribution is -2.28. The predicted molar refractivity (Wildman–Crippen MR) is 111 cm³/mol. The van der Waals surface area contributed by atoms with Crippen LogP contribution in [0.25, 0.3) is 15.8 Å². The van der Waals surface area contributed by atoms with Crippen LogP contribution < -0.4 is 5.32 Å². The number of rotatable bonds is 5. The van der Waals surface area contributed by atoms with Crippen molar-refractivity contribution < 1.29 is 18.0 Å². The highest BCUT2D eigenvalue weighted by atomic mass is 32.1. The first kappa shape index (κ1) is 20.2. The molecule has 8 heteroatoms. The number of hydrogen-bond acceptors (Lipinski definition) is 3. The summed E-state index contributed by atoms with van der Waals surface area (Å²) in [6.45, 7) is 1.93. The monoisotopic (exact) mass is 429 g/mol. The van der Waals surface area contributed by atoms with Gasteiger partial charge in [-0.05, 0) is 47.4 Å². The van der Waals surface area contributed by atoms with E-state index < -0.39 is 23.3 Å². The summed E-state index contributed by atoms with van der Waals surface area (Å²) in [5.41, 5.74) is 0.412. The third-order valence-electron chi connectivity index (χ3n) is 4.87. The van der Waals surface area contributed by atoms with E-state index in [0.717, 1.165) is 26.5 Å². The number of aryl methyl sites for hydroxylation is 1. The third kappa shape index (κ3) is 3.82. The van der Waals surface area contributed by atoms with E-state index in [1.165, 1.54) is 0 Å². The van der Waals surface area contributed by atoms with Crippen molar-refractivity contribution >= 4 is 27.3 Å². The average molecular weight is 429 g/mol. The van der Waals surface area contributed by atoms with Crippen molar-refractivity contribution in [2.24, 2.45) is 0 Å². The van der Waals surface area contributed by atoms with Crippen molar-refractivity contribution in [2.75, 3.05) is 6.54 Å². The molecule has 0 saturated carbocycles. The minimum atomic E-state index is -4.73. The highest BCUT2D eigenvalue weighted by molar-refractivity contribution is 7.17. The number of aromatic nitrogens is 2. The summed E-state index contributed by atoms with van der Waals surface area (Å²) in [7, 11) is 0. The third-order valence-corrected chi connectivity index (χ3v) is 5.88. The topological polar surface area (TPSA) is 46.9 Å². The molecule has 0 aliphatic carbocycles. The Morgan fingerprint density at radius 1 is 1.13 bits per heavy atom. The van der Waals surface area contributed by atoms with Gasteiger partial charge in [0.1, 0.15) is 0 Å². The number of carbonyl (C=O) groups excluding carboxylic acids is 1. The Bertz CT molecular complexity index is 1210. The number of amides is 1. The van der Waals surface area contributed by atoms with Crippen LogP contribution in [0.5, 0.6) is 0 Å². The average Bonchev–Trinajstić information content (AvgIpc) is 3.33. The number of thiophene rings is 1. The van der Waals surface area contributed by atoms with Crippen molar-refractivity contribution in [1.29, 1.82) is 0 Å². The second kappa shape index (κ2) is 7.95. The molecule has 1 N–H and O–H groups in total. The lowest BCUT2D eigenvalue weighted by atomic mass is 10.1. The predicted octanol–water partition coefficient (Wildman–Crippen LogP) is 5.39. The van der Waals surface area contributed by atoms with E-state index in [-0.39, 0.29) is 12.2 Å². The number of carbonyl (C=O) groups is 1. The zero-order chi connectivity index (χ0) is 21.3. The molecule has 0 aliphatic heterocycles. The summed E-state index contributed by atoms with van der Waals surface area (Å²) in [6.07, 6.45) is -3.22. The lowest BCUT2D eigenvalue weighted by molar-refractivity contribution is -0.143. The molecule has 4 nitrogen and oxygen atoms in total. The molecule has 0 aliphatic rings. The Morgan fingerprint density at radius 2 is 1.87 bits per heavy atom. The second-order valence-corrected chi connectivity index (χ2v) is 7.78. The zero-order valence-electron chi connectivity index (χ0n) is 16.0. The Morgan fingerprint density at radius 3 is 2.63 bits per heavy atom. The molecule has 30 heavy (non-hydrogen) atoms. The Kier molecular flexibility index (Phi) is 5.34. The summed E-state index contributed by atoms with van der Waals surface area (Å²) in [6, 6.07) is 14.5. The largest absolute Gasteiger partial charge is 0.434 e. The molecular weight excluding hydrogens is 411 g/mol. The fraction of sp³-hybridized carbons (Fsp3) is 0.182. The molecule has 2 aromatic heterocycles. The van der Waals surface area contributed by atoms with Gasteiger partial charge in [0.05, 0.1) is 17.4 Å². The van der Waals surface area contributed by atoms with E-state index in [0.29, 0.717) is 12.0 Å². The summed E-state index contributed by atoms with van der Waals surface area (Å²) in [5, 5.41) is 9.58. The molecule has 0 radical (unpaired) electrons. The molecule has 1 amide bonds. The first-order valence-corrected chi connectivity index (χ1v) is 10.2. The van der Waals surface area contributed by atoms with Gasteiger partial charge in [-0.3, -0.25) is 4.79 Å². The van der Waals surface area contributed by atoms with Gasteiger partial charge in [-0.25, -0.2) is 4.68 Å². The van der Waals surface area contributed by atoms with Gasteiger partial charge in [-0.2, -0.15) is 18.3 Å². The Hall–Kier alpha value is -3.13. The molecule has 4 aromatic rings. The van der Waals surface area contributed by atoms with Crippen LogP contribution in [-0.2, 0) is 12.6 Å². The molecule has 0 fully saturated rings. The van der Waals surface area contributed by atoms with Gasteiger partial charge in [0.15, 0.2) is 5.69 Å². The van der Waals surface area contributed by atoms with Crippen molar-refractivity contribution in [3.8, 4) is 5.69 Å². The van der Waals surface area contributed by atoms with E-state index in [2.05, 4.69) is 10.4 Å². The van der Waals surface area contributed by atoms with Crippen LogP contribution in [0.15, 0.2) is 60.1 Å². The van der Waals surface area contributed by atoms with Crippen LogP contribution in [0, 0.1) is 6.92 Å².